The van der Waals surface area contributed by atoms with Crippen LogP contribution in [0.5, 0.6) is 0 Å². The van der Waals surface area contributed by atoms with Crippen molar-refractivity contribution in [3.63, 3.8) is 0 Å². The molecule has 1 aromatic carbocycles. The fraction of sp³-hybridized carbons (Fsp3) is 0.650. The lowest BCUT2D eigenvalue weighted by molar-refractivity contribution is 0.0982. The van der Waals surface area contributed by atoms with Crippen molar-refractivity contribution in [3.05, 3.63) is 35.4 Å². The summed E-state index contributed by atoms with van der Waals surface area (Å²) in [5.41, 5.74) is 2.58. The number of benzene rings is 1. The average Bonchev–Trinajstić information content (AvgIpc) is 2.64. The van der Waals surface area contributed by atoms with E-state index in [9.17, 15) is 0 Å². The Morgan fingerprint density at radius 3 is 2.44 bits per heavy atom. The summed E-state index contributed by atoms with van der Waals surface area (Å²) in [4.78, 5) is 6.96. The molecule has 0 bridgehead atoms. The molecule has 5 heteroatoms. The topological polar surface area (TPSA) is 48.9 Å². The number of hydrogen-bond donors (Lipinski definition) is 2. The normalized spacial score (nSPS) is 16.7. The second-order valence-corrected chi connectivity index (χ2v) is 7.34. The first-order chi connectivity index (χ1) is 12.1. The van der Waals surface area contributed by atoms with Gasteiger partial charge in [0.2, 0.25) is 0 Å². The van der Waals surface area contributed by atoms with Gasteiger partial charge in [0.05, 0.1) is 6.61 Å². The highest BCUT2D eigenvalue weighted by Gasteiger charge is 2.27. The zero-order valence-corrected chi connectivity index (χ0v) is 16.3. The second-order valence-electron chi connectivity index (χ2n) is 7.34. The van der Waals surface area contributed by atoms with Crippen LogP contribution in [0, 0.1) is 0 Å². The van der Waals surface area contributed by atoms with Gasteiger partial charge in [0, 0.05) is 32.8 Å². The van der Waals surface area contributed by atoms with Crippen LogP contribution in [0.4, 0.5) is 0 Å². The third kappa shape index (κ3) is 6.01. The third-order valence-electron chi connectivity index (χ3n) is 4.99. The highest BCUT2D eigenvalue weighted by Crippen LogP contribution is 2.19. The molecule has 0 aliphatic carbocycles. The van der Waals surface area contributed by atoms with E-state index in [2.05, 4.69) is 52.6 Å². The molecule has 2 rings (SSSR count). The van der Waals surface area contributed by atoms with Gasteiger partial charge in [-0.05, 0) is 50.9 Å². The van der Waals surface area contributed by atoms with E-state index in [0.29, 0.717) is 6.61 Å². The Morgan fingerprint density at radius 1 is 1.12 bits per heavy atom. The zero-order valence-electron chi connectivity index (χ0n) is 16.3. The number of piperidine rings is 1. The van der Waals surface area contributed by atoms with Crippen molar-refractivity contribution in [1.29, 1.82) is 0 Å². The van der Waals surface area contributed by atoms with Crippen molar-refractivity contribution in [2.45, 2.75) is 51.8 Å². The van der Waals surface area contributed by atoms with E-state index in [1.54, 1.807) is 7.11 Å². The number of nitrogens with zero attached hydrogens (tertiary/aromatic N) is 2. The summed E-state index contributed by atoms with van der Waals surface area (Å²) in [6, 6.07) is 8.35. The summed E-state index contributed by atoms with van der Waals surface area (Å²) in [6.45, 7) is 9.27. The lowest BCUT2D eigenvalue weighted by atomic mass is 9.98. The van der Waals surface area contributed by atoms with Gasteiger partial charge in [0.15, 0.2) is 5.96 Å². The molecule has 1 saturated heterocycles. The SMILES string of the molecule is CN=C(NCc1ccccc1COC)NCC(C)(C)N1CCCCC1. The Bertz CT molecular complexity index is 550. The van der Waals surface area contributed by atoms with Crippen molar-refractivity contribution in [3.8, 4) is 0 Å². The number of methoxy groups -OCH3 is 1. The van der Waals surface area contributed by atoms with Gasteiger partial charge in [0.1, 0.15) is 0 Å². The number of ether oxygens (including phenoxy) is 1. The van der Waals surface area contributed by atoms with Gasteiger partial charge in [-0.15, -0.1) is 0 Å². The zero-order chi connectivity index (χ0) is 18.1. The number of rotatable bonds is 7. The van der Waals surface area contributed by atoms with E-state index in [-0.39, 0.29) is 5.54 Å². The Kier molecular flexibility index (Phi) is 7.72. The fourth-order valence-corrected chi connectivity index (χ4v) is 3.34. The lowest BCUT2D eigenvalue weighted by Crippen LogP contribution is -2.54. The molecule has 0 spiro atoms. The molecule has 1 aliphatic rings. The molecule has 1 fully saturated rings. The van der Waals surface area contributed by atoms with E-state index < -0.39 is 0 Å². The third-order valence-corrected chi connectivity index (χ3v) is 4.99. The van der Waals surface area contributed by atoms with E-state index in [1.807, 2.05) is 13.1 Å². The minimum absolute atomic E-state index is 0.131. The Balaban J connectivity index is 1.86. The minimum atomic E-state index is 0.131. The highest BCUT2D eigenvalue weighted by molar-refractivity contribution is 5.79. The van der Waals surface area contributed by atoms with Crippen LogP contribution in [-0.2, 0) is 17.9 Å². The summed E-state index contributed by atoms with van der Waals surface area (Å²) in [5, 5.41) is 6.92. The largest absolute Gasteiger partial charge is 0.380 e. The molecular weight excluding hydrogens is 312 g/mol. The lowest BCUT2D eigenvalue weighted by Gasteiger charge is -2.41. The maximum absolute atomic E-state index is 5.28. The molecule has 0 atom stereocenters. The van der Waals surface area contributed by atoms with Crippen LogP contribution < -0.4 is 10.6 Å². The van der Waals surface area contributed by atoms with Gasteiger partial charge < -0.3 is 15.4 Å². The summed E-state index contributed by atoms with van der Waals surface area (Å²) < 4.78 is 5.28. The van der Waals surface area contributed by atoms with E-state index in [0.717, 1.165) is 19.0 Å². The molecule has 5 nitrogen and oxygen atoms in total. The Labute approximate surface area is 152 Å². The first-order valence-electron chi connectivity index (χ1n) is 9.32. The molecule has 140 valence electrons. The van der Waals surface area contributed by atoms with Crippen LogP contribution in [0.3, 0.4) is 0 Å². The summed E-state index contributed by atoms with van der Waals surface area (Å²) in [7, 11) is 3.55. The Morgan fingerprint density at radius 2 is 1.80 bits per heavy atom. The van der Waals surface area contributed by atoms with E-state index in [1.165, 1.54) is 43.5 Å². The van der Waals surface area contributed by atoms with Crippen molar-refractivity contribution in [2.24, 2.45) is 4.99 Å². The van der Waals surface area contributed by atoms with Gasteiger partial charge in [-0.3, -0.25) is 9.89 Å². The van der Waals surface area contributed by atoms with Gasteiger partial charge in [-0.1, -0.05) is 30.7 Å². The van der Waals surface area contributed by atoms with Crippen molar-refractivity contribution < 1.29 is 4.74 Å². The molecule has 1 aromatic rings. The molecule has 0 amide bonds. The maximum atomic E-state index is 5.28. The van der Waals surface area contributed by atoms with Crippen LogP contribution >= 0.6 is 0 Å². The molecular formula is C20H34N4O. The molecule has 0 saturated carbocycles. The van der Waals surface area contributed by atoms with Crippen LogP contribution in [0.2, 0.25) is 0 Å². The molecule has 0 unspecified atom stereocenters. The number of likely N-dealkylation sites (tertiary alicyclic amines) is 1. The predicted octanol–water partition coefficient (Wildman–Crippen LogP) is 2.76. The quantitative estimate of drug-likeness (QED) is 0.589. The van der Waals surface area contributed by atoms with Crippen molar-refractivity contribution in [2.75, 3.05) is 33.8 Å². The van der Waals surface area contributed by atoms with Crippen LogP contribution in [0.15, 0.2) is 29.3 Å². The average molecular weight is 347 g/mol. The van der Waals surface area contributed by atoms with Gasteiger partial charge in [-0.25, -0.2) is 0 Å². The minimum Gasteiger partial charge on any atom is -0.380 e. The number of nitrogens with one attached hydrogen (secondary N) is 2. The summed E-state index contributed by atoms with van der Waals surface area (Å²) >= 11 is 0. The first-order valence-corrected chi connectivity index (χ1v) is 9.32. The Hall–Kier alpha value is -1.59. The maximum Gasteiger partial charge on any atom is 0.191 e. The molecule has 1 aliphatic heterocycles. The summed E-state index contributed by atoms with van der Waals surface area (Å²) in [6.07, 6.45) is 3.99. The second kappa shape index (κ2) is 9.78. The molecule has 25 heavy (non-hydrogen) atoms. The monoisotopic (exact) mass is 346 g/mol. The van der Waals surface area contributed by atoms with Gasteiger partial charge >= 0.3 is 0 Å². The smallest absolute Gasteiger partial charge is 0.191 e. The predicted molar refractivity (Wildman–Crippen MR) is 105 cm³/mol. The molecule has 0 radical (unpaired) electrons. The molecule has 2 N–H and O–H groups in total. The van der Waals surface area contributed by atoms with E-state index >= 15 is 0 Å². The highest BCUT2D eigenvalue weighted by atomic mass is 16.5. The number of guanidine groups is 1. The standard InChI is InChI=1S/C20H34N4O/c1-20(2,24-12-8-5-9-13-24)16-23-19(21-3)22-14-17-10-6-7-11-18(17)15-25-4/h6-7,10-11H,5,8-9,12-16H2,1-4H3,(H2,21,22,23). The van der Waals surface area contributed by atoms with Crippen molar-refractivity contribution >= 4 is 5.96 Å². The molecule has 1 heterocycles. The van der Waals surface area contributed by atoms with Gasteiger partial charge in [0.25, 0.3) is 0 Å². The number of hydrogen-bond acceptors (Lipinski definition) is 3. The van der Waals surface area contributed by atoms with Gasteiger partial charge in [-0.2, -0.15) is 0 Å². The molecule has 0 aromatic heterocycles. The fourth-order valence-electron chi connectivity index (χ4n) is 3.34. The van der Waals surface area contributed by atoms with Crippen LogP contribution in [0.1, 0.15) is 44.2 Å². The van der Waals surface area contributed by atoms with Crippen LogP contribution in [0.25, 0.3) is 0 Å². The number of aliphatic imine (C=N–C) groups is 1. The summed E-state index contributed by atoms with van der Waals surface area (Å²) in [5.74, 6) is 0.845. The van der Waals surface area contributed by atoms with Crippen LogP contribution in [-0.4, -0.2) is 50.2 Å². The van der Waals surface area contributed by atoms with Crippen molar-refractivity contribution in [1.82, 2.24) is 15.5 Å². The van der Waals surface area contributed by atoms with E-state index in [4.69, 9.17) is 4.74 Å². The first kappa shape index (κ1) is 19.7.